The minimum atomic E-state index is -0.842. The average Bonchev–Trinajstić information content (AvgIpc) is 0.729. The number of fused-ring (bicyclic) bond motifs is 15. The topological polar surface area (TPSA) is 264 Å². The lowest BCUT2D eigenvalue weighted by atomic mass is 9.95. The van der Waals surface area contributed by atoms with Crippen molar-refractivity contribution in [1.82, 2.24) is 58.3 Å². The van der Waals surface area contributed by atoms with Crippen LogP contribution in [-0.4, -0.2) is 218 Å². The van der Waals surface area contributed by atoms with Gasteiger partial charge < -0.3 is 53.9 Å². The van der Waals surface area contributed by atoms with Crippen molar-refractivity contribution in [2.75, 3.05) is 133 Å². The maximum absolute atomic E-state index is 16.4. The lowest BCUT2D eigenvalue weighted by Crippen LogP contribution is -2.58. The number of piperazine rings is 3. The van der Waals surface area contributed by atoms with Gasteiger partial charge in [0.15, 0.2) is 34.4 Å². The number of para-hydroxylation sites is 3. The van der Waals surface area contributed by atoms with E-state index in [1.54, 1.807) is 44.8 Å². The Kier molecular flexibility index (Phi) is 27.0. The first-order valence-electron chi connectivity index (χ1n) is 46.6. The quantitative estimate of drug-likeness (QED) is 0.0960. The molecular formula is C105H112F6N20O8. The number of halogens is 6. The van der Waals surface area contributed by atoms with Gasteiger partial charge in [-0.1, -0.05) is 122 Å². The number of carbonyl (C=O) groups is 5. The van der Waals surface area contributed by atoms with Gasteiger partial charge in [-0.15, -0.1) is 0 Å². The molecule has 0 radical (unpaired) electrons. The average molecular weight is 1900 g/mol. The number of rotatable bonds is 9. The van der Waals surface area contributed by atoms with Crippen LogP contribution in [0.15, 0.2) is 180 Å². The van der Waals surface area contributed by atoms with Crippen LogP contribution in [-0.2, 0) is 30.4 Å². The van der Waals surface area contributed by atoms with Gasteiger partial charge in [-0.05, 0) is 173 Å². The second-order valence-corrected chi connectivity index (χ2v) is 37.6. The summed E-state index contributed by atoms with van der Waals surface area (Å²) < 4.78 is 100. The molecule has 0 spiro atoms. The number of hydrogen-bond donors (Lipinski definition) is 0. The predicted molar refractivity (Wildman–Crippen MR) is 533 cm³/mol. The maximum atomic E-state index is 16.4. The smallest absolute Gasteiger partial charge is 0.355 e. The Hall–Kier alpha value is -14.9. The summed E-state index contributed by atoms with van der Waals surface area (Å²) in [5, 5.41) is 0.839. The Bertz CT molecular complexity index is 7240. The number of aromatic nitrogens is 9. The molecule has 12 aromatic rings. The van der Waals surface area contributed by atoms with Gasteiger partial charge >= 0.3 is 17.1 Å². The van der Waals surface area contributed by atoms with Crippen LogP contribution in [0, 0.1) is 34.9 Å². The number of anilines is 8. The van der Waals surface area contributed by atoms with Crippen molar-refractivity contribution in [2.24, 2.45) is 0 Å². The van der Waals surface area contributed by atoms with Crippen LogP contribution in [0.5, 0.6) is 0 Å². The summed E-state index contributed by atoms with van der Waals surface area (Å²) in [6.45, 7) is 37.3. The van der Waals surface area contributed by atoms with Gasteiger partial charge in [0.2, 0.25) is 29.5 Å². The van der Waals surface area contributed by atoms with Crippen molar-refractivity contribution in [3.63, 3.8) is 0 Å². The van der Waals surface area contributed by atoms with Crippen LogP contribution in [0.1, 0.15) is 130 Å². The van der Waals surface area contributed by atoms with E-state index < -0.39 is 52.0 Å². The van der Waals surface area contributed by atoms with E-state index in [9.17, 15) is 38.4 Å². The van der Waals surface area contributed by atoms with Gasteiger partial charge in [-0.2, -0.15) is 15.0 Å². The number of likely N-dealkylation sites (N-methyl/N-ethyl adjacent to an activating group) is 4. The highest BCUT2D eigenvalue weighted by Gasteiger charge is 2.41. The summed E-state index contributed by atoms with van der Waals surface area (Å²) >= 11 is 0. The fourth-order valence-corrected chi connectivity index (χ4v) is 20.1. The molecule has 722 valence electrons. The summed E-state index contributed by atoms with van der Waals surface area (Å²) in [4.78, 5) is 155. The molecule has 6 bridgehead atoms. The number of hydrogen-bond acceptors (Lipinski definition) is 20. The van der Waals surface area contributed by atoms with Crippen LogP contribution in [0.2, 0.25) is 0 Å². The fourth-order valence-electron chi connectivity index (χ4n) is 20.1. The van der Waals surface area contributed by atoms with E-state index in [2.05, 4.69) is 39.6 Å². The molecule has 34 heteroatoms. The summed E-state index contributed by atoms with van der Waals surface area (Å²) in [6, 6.07) is 32.4. The highest BCUT2D eigenvalue weighted by atomic mass is 19.1. The second kappa shape index (κ2) is 38.6. The Morgan fingerprint density at radius 1 is 0.353 bits per heavy atom. The second-order valence-electron chi connectivity index (χ2n) is 37.6. The molecule has 0 unspecified atom stereocenters. The molecule has 0 N–H and O–H groups in total. The van der Waals surface area contributed by atoms with Crippen molar-refractivity contribution in [2.45, 2.75) is 150 Å². The number of pyridine rings is 3. The van der Waals surface area contributed by atoms with Crippen LogP contribution in [0.25, 0.3) is 83.9 Å². The Morgan fingerprint density at radius 2 is 0.655 bits per heavy atom. The van der Waals surface area contributed by atoms with Gasteiger partial charge in [-0.3, -0.25) is 24.0 Å². The van der Waals surface area contributed by atoms with Gasteiger partial charge in [0, 0.05) is 136 Å². The Labute approximate surface area is 801 Å². The van der Waals surface area contributed by atoms with Crippen LogP contribution < -0.4 is 56.3 Å². The van der Waals surface area contributed by atoms with E-state index in [-0.39, 0.29) is 187 Å². The van der Waals surface area contributed by atoms with E-state index in [1.807, 2.05) is 171 Å². The van der Waals surface area contributed by atoms with E-state index in [4.69, 9.17) is 15.0 Å². The van der Waals surface area contributed by atoms with Gasteiger partial charge in [0.05, 0.1) is 79.2 Å². The molecule has 18 rings (SSSR count). The lowest BCUT2D eigenvalue weighted by molar-refractivity contribution is -0.129. The standard InChI is InChI=1S/C35H37F2N7O3.C35H39F2N7O2.C35H36F2N6O3/c1-8-28(45)42-16-21(5)43(17-20(42)4)33-23-15-25(37)31-30-24(36)12-10-13-26(30)41(7)29(46)18-40(6)27-14-9-11-22(19(2)3)32(27)44(34(23)38-31)35(47)39-33;1-8-29(45)42-18-22(5)43(19-21(42)4)33-24-17-26(37)31-30-25(36)12-10-13-27(30)40(6)15-16-41(7)28-14-9-11-23(20(2)3)32(28)44(34(24)38-31)35(46)39-33;1-7-28(44)41-17-21(5)42(18-20(41)4)33-24-16-26(37)31-30-25(36)12-9-13-27(30)40(6)29(45)15-14-22-10-8-11-23(19(2)3)32(22)43(34(24)38-31)35(46)39-33/h8-15,19-21H,1,16-18H2,2-7H3;8-14,17,20-22H,1,15-16,18-19H2,2-7H3;7-13,16,19-21H,1,14-15,17-18H2,2-6H3/t20-,21+;21-,22+;20-,21+/m111/s1. The first-order chi connectivity index (χ1) is 66.2. The summed E-state index contributed by atoms with van der Waals surface area (Å²) in [5.74, 6) is -5.15. The lowest BCUT2D eigenvalue weighted by Gasteiger charge is -2.44. The number of benzene rings is 6. The van der Waals surface area contributed by atoms with Gasteiger partial charge in [0.1, 0.15) is 52.0 Å². The largest absolute Gasteiger partial charge is 0.372 e. The zero-order chi connectivity index (χ0) is 99.9. The van der Waals surface area contributed by atoms with Crippen molar-refractivity contribution >= 4 is 109 Å². The van der Waals surface area contributed by atoms with E-state index in [0.29, 0.717) is 92.6 Å². The molecule has 6 aromatic heterocycles. The molecule has 3 fully saturated rings. The first kappa shape index (κ1) is 97.2. The molecule has 28 nitrogen and oxygen atoms in total. The third-order valence-electron chi connectivity index (χ3n) is 27.5. The van der Waals surface area contributed by atoms with Gasteiger partial charge in [-0.25, -0.2) is 69.4 Å². The monoisotopic (exact) mass is 1890 g/mol. The maximum Gasteiger partial charge on any atom is 0.355 e. The van der Waals surface area contributed by atoms with Crippen LogP contribution in [0.4, 0.5) is 72.2 Å². The van der Waals surface area contributed by atoms with E-state index in [0.717, 1.165) is 27.9 Å². The van der Waals surface area contributed by atoms with Gasteiger partial charge in [0.25, 0.3) is 0 Å². The predicted octanol–water partition coefficient (Wildman–Crippen LogP) is 15.6. The minimum Gasteiger partial charge on any atom is -0.372 e. The third-order valence-corrected chi connectivity index (χ3v) is 27.5. The van der Waals surface area contributed by atoms with Crippen molar-refractivity contribution in [3.05, 3.63) is 254 Å². The highest BCUT2D eigenvalue weighted by Crippen LogP contribution is 2.46. The van der Waals surface area contributed by atoms with Crippen molar-refractivity contribution in [3.8, 4) is 50.8 Å². The molecule has 6 aliphatic heterocycles. The summed E-state index contributed by atoms with van der Waals surface area (Å²) in [5.41, 5.74) is 4.31. The molecule has 0 aliphatic carbocycles. The fraction of sp³-hybridized carbons (Fsp3) is 0.352. The molecular weight excluding hydrogens is 1780 g/mol. The van der Waals surface area contributed by atoms with Crippen molar-refractivity contribution < 1.29 is 50.3 Å². The molecule has 6 aliphatic rings. The summed E-state index contributed by atoms with van der Waals surface area (Å²) in [6.07, 6.45) is 4.19. The van der Waals surface area contributed by atoms with Crippen LogP contribution in [0.3, 0.4) is 0 Å². The van der Waals surface area contributed by atoms with Crippen LogP contribution >= 0.6 is 0 Å². The van der Waals surface area contributed by atoms with Crippen molar-refractivity contribution in [1.29, 1.82) is 0 Å². The SMILES string of the molecule is C=CC(=O)N1C[C@H](C)N(c2nc(=O)n3c4nc(c(F)cc24)-c2c(F)cccc2N(C)C(=O)CCc2cccc(C(C)C)c2-3)C[C@H]1C.C=CC(=O)N1C[C@H](C)N(c2nc(=O)n3c4nc(c(F)cc24)-c2c(F)cccc2N(C)C(=O)CN(C)c2cccc(C(C)C)c2-3)C[C@H]1C.C=CC(=O)N1C[C@H](C)N(c2nc(=O)n3c4nc(c(F)cc24)-c2c(F)cccc2N(C)CCN(C)c2cccc(C(C)C)c2-3)C[C@H]1C. The Morgan fingerprint density at radius 3 is 1.01 bits per heavy atom. The number of aryl methyl sites for hydroxylation is 1. The molecule has 0 saturated carbocycles. The van der Waals surface area contributed by atoms with E-state index >= 15 is 26.3 Å². The number of amides is 5. The molecule has 139 heavy (non-hydrogen) atoms. The third kappa shape index (κ3) is 17.5. The Balaban J connectivity index is 0.000000151. The molecule has 6 aromatic carbocycles. The molecule has 6 atom stereocenters. The zero-order valence-electron chi connectivity index (χ0n) is 80.9. The zero-order valence-corrected chi connectivity index (χ0v) is 80.9. The summed E-state index contributed by atoms with van der Waals surface area (Å²) in [7, 11) is 8.60. The first-order valence-corrected chi connectivity index (χ1v) is 46.6. The highest BCUT2D eigenvalue weighted by molar-refractivity contribution is 6.03. The molecule has 3 saturated heterocycles. The minimum absolute atomic E-state index is 0.0231. The number of nitrogens with zero attached hydrogens (tertiary/aromatic N) is 20. The van der Waals surface area contributed by atoms with E-state index in [1.165, 1.54) is 110 Å². The number of carbonyl (C=O) groups excluding carboxylic acids is 5. The molecule has 12 heterocycles. The normalized spacial score (nSPS) is 18.3. The molecule has 5 amide bonds.